The van der Waals surface area contributed by atoms with Gasteiger partial charge in [-0.2, -0.15) is 5.10 Å². The van der Waals surface area contributed by atoms with Crippen LogP contribution < -0.4 is 10.0 Å². The van der Waals surface area contributed by atoms with Crippen molar-refractivity contribution in [2.75, 3.05) is 6.26 Å². The van der Waals surface area contributed by atoms with E-state index in [0.717, 1.165) is 28.9 Å². The first-order chi connectivity index (χ1) is 16.2. The van der Waals surface area contributed by atoms with Gasteiger partial charge in [0.05, 0.1) is 35.8 Å². The molecular formula is C26H33FN4O3S. The molecule has 0 saturated heterocycles. The fourth-order valence-corrected chi connectivity index (χ4v) is 3.98. The quantitative estimate of drug-likeness (QED) is 0.487. The Morgan fingerprint density at radius 2 is 1.83 bits per heavy atom. The molecule has 0 aliphatic rings. The van der Waals surface area contributed by atoms with E-state index in [9.17, 15) is 17.6 Å². The van der Waals surface area contributed by atoms with Crippen molar-refractivity contribution in [2.45, 2.75) is 59.0 Å². The van der Waals surface area contributed by atoms with Gasteiger partial charge < -0.3 is 5.32 Å². The minimum absolute atomic E-state index is 0.148. The molecule has 0 bridgehead atoms. The van der Waals surface area contributed by atoms with Crippen molar-refractivity contribution in [3.63, 3.8) is 0 Å². The molecule has 0 saturated carbocycles. The lowest BCUT2D eigenvalue weighted by molar-refractivity contribution is -0.122. The maximum absolute atomic E-state index is 14.5. The van der Waals surface area contributed by atoms with Crippen LogP contribution in [0.15, 0.2) is 48.5 Å². The number of nitrogens with one attached hydrogen (secondary N) is 2. The highest BCUT2D eigenvalue weighted by molar-refractivity contribution is 7.88. The normalized spacial score (nSPS) is 13.0. The number of rotatable bonds is 8. The van der Waals surface area contributed by atoms with E-state index in [1.54, 1.807) is 13.0 Å². The number of amides is 1. The van der Waals surface area contributed by atoms with Crippen LogP contribution in [-0.4, -0.2) is 30.4 Å². The third-order valence-corrected chi connectivity index (χ3v) is 6.41. The molecule has 0 aliphatic heterocycles. The van der Waals surface area contributed by atoms with E-state index in [1.165, 1.54) is 12.1 Å². The molecule has 1 atom stereocenters. The molecule has 1 heterocycles. The number of aryl methyl sites for hydroxylation is 1. The van der Waals surface area contributed by atoms with E-state index in [0.29, 0.717) is 5.56 Å². The second-order valence-corrected chi connectivity index (χ2v) is 11.7. The third-order valence-electron chi connectivity index (χ3n) is 5.74. The van der Waals surface area contributed by atoms with Crippen LogP contribution in [0, 0.1) is 12.7 Å². The smallest absolute Gasteiger partial charge is 0.227 e. The molecule has 1 amide bonds. The van der Waals surface area contributed by atoms with E-state index in [-0.39, 0.29) is 30.0 Å². The Hall–Kier alpha value is -3.04. The number of benzene rings is 2. The highest BCUT2D eigenvalue weighted by Gasteiger charge is 2.22. The molecule has 7 nitrogen and oxygen atoms in total. The highest BCUT2D eigenvalue weighted by Crippen LogP contribution is 2.25. The van der Waals surface area contributed by atoms with Crippen LogP contribution in [0.25, 0.3) is 5.69 Å². The second-order valence-electron chi connectivity index (χ2n) is 9.91. The van der Waals surface area contributed by atoms with Crippen molar-refractivity contribution in [3.05, 3.63) is 82.4 Å². The Labute approximate surface area is 206 Å². The number of halogens is 1. The van der Waals surface area contributed by atoms with Gasteiger partial charge in [0.25, 0.3) is 0 Å². The van der Waals surface area contributed by atoms with Crippen LogP contribution >= 0.6 is 0 Å². The van der Waals surface area contributed by atoms with Gasteiger partial charge in [-0.3, -0.25) is 4.79 Å². The summed E-state index contributed by atoms with van der Waals surface area (Å²) in [6, 6.07) is 14.4. The molecule has 0 radical (unpaired) electrons. The van der Waals surface area contributed by atoms with Gasteiger partial charge in [-0.25, -0.2) is 22.2 Å². The first-order valence-electron chi connectivity index (χ1n) is 11.4. The summed E-state index contributed by atoms with van der Waals surface area (Å²) < 4.78 is 41.2. The third kappa shape index (κ3) is 6.99. The zero-order valence-electron chi connectivity index (χ0n) is 21.0. The van der Waals surface area contributed by atoms with Gasteiger partial charge in [0.1, 0.15) is 5.82 Å². The number of aromatic nitrogens is 2. The average molecular weight is 501 g/mol. The van der Waals surface area contributed by atoms with Crippen LogP contribution in [0.1, 0.15) is 61.7 Å². The summed E-state index contributed by atoms with van der Waals surface area (Å²) >= 11 is 0. The Kier molecular flexibility index (Phi) is 7.81. The second kappa shape index (κ2) is 10.3. The average Bonchev–Trinajstić information content (AvgIpc) is 3.20. The van der Waals surface area contributed by atoms with Gasteiger partial charge in [0.2, 0.25) is 15.9 Å². The Morgan fingerprint density at radius 3 is 2.43 bits per heavy atom. The topological polar surface area (TPSA) is 93.1 Å². The van der Waals surface area contributed by atoms with Crippen LogP contribution in [0.3, 0.4) is 0 Å². The van der Waals surface area contributed by atoms with Crippen molar-refractivity contribution in [1.29, 1.82) is 0 Å². The molecule has 0 aliphatic carbocycles. The number of sulfonamides is 1. The van der Waals surface area contributed by atoms with Crippen molar-refractivity contribution in [1.82, 2.24) is 19.8 Å². The number of hydrogen-bond donors (Lipinski definition) is 2. The lowest BCUT2D eigenvalue weighted by atomic mass is 9.92. The van der Waals surface area contributed by atoms with Gasteiger partial charge in [-0.1, -0.05) is 45.0 Å². The largest absolute Gasteiger partial charge is 0.350 e. The van der Waals surface area contributed by atoms with E-state index in [1.807, 2.05) is 41.9 Å². The predicted octanol–water partition coefficient (Wildman–Crippen LogP) is 4.09. The highest BCUT2D eigenvalue weighted by atomic mass is 32.2. The molecule has 9 heteroatoms. The summed E-state index contributed by atoms with van der Waals surface area (Å²) in [6.45, 7) is 10.1. The Balaban J connectivity index is 1.76. The molecule has 2 aromatic carbocycles. The first-order valence-corrected chi connectivity index (χ1v) is 13.3. The van der Waals surface area contributed by atoms with Crippen LogP contribution in [0.2, 0.25) is 0 Å². The first kappa shape index (κ1) is 26.6. The molecule has 1 unspecified atom stereocenters. The van der Waals surface area contributed by atoms with Gasteiger partial charge in [-0.05, 0) is 49.2 Å². The van der Waals surface area contributed by atoms with E-state index >= 15 is 0 Å². The maximum Gasteiger partial charge on any atom is 0.227 e. The molecule has 35 heavy (non-hydrogen) atoms. The van der Waals surface area contributed by atoms with Crippen molar-refractivity contribution < 1.29 is 17.6 Å². The molecule has 3 rings (SSSR count). The molecule has 0 spiro atoms. The standard InChI is InChI=1S/C26H33FN4O3S/c1-17-8-7-9-21(12-17)31-22(14-24(30-31)26(3,4)5)16-28-25(32)18(2)19-10-11-20(23(27)13-19)15-29-35(6,33)34/h7-14,18,29H,15-16H2,1-6H3,(H,28,32). The molecule has 1 aromatic heterocycles. The monoisotopic (exact) mass is 500 g/mol. The lowest BCUT2D eigenvalue weighted by Crippen LogP contribution is -2.28. The fourth-order valence-electron chi connectivity index (χ4n) is 3.56. The molecule has 3 aromatic rings. The zero-order chi connectivity index (χ0) is 26.0. The van der Waals surface area contributed by atoms with E-state index in [4.69, 9.17) is 5.10 Å². The summed E-state index contributed by atoms with van der Waals surface area (Å²) in [5, 5.41) is 7.75. The summed E-state index contributed by atoms with van der Waals surface area (Å²) in [5.74, 6) is -1.41. The number of carbonyl (C=O) groups is 1. The van der Waals surface area contributed by atoms with Crippen molar-refractivity contribution in [2.24, 2.45) is 0 Å². The van der Waals surface area contributed by atoms with Crippen molar-refractivity contribution >= 4 is 15.9 Å². The lowest BCUT2D eigenvalue weighted by Gasteiger charge is -2.15. The molecule has 2 N–H and O–H groups in total. The minimum atomic E-state index is -3.43. The summed E-state index contributed by atoms with van der Waals surface area (Å²) in [6.07, 6.45) is 1.01. The van der Waals surface area contributed by atoms with Gasteiger partial charge >= 0.3 is 0 Å². The Morgan fingerprint density at radius 1 is 1.11 bits per heavy atom. The molecule has 0 fully saturated rings. The predicted molar refractivity (Wildman–Crippen MR) is 135 cm³/mol. The minimum Gasteiger partial charge on any atom is -0.350 e. The van der Waals surface area contributed by atoms with Crippen LogP contribution in [-0.2, 0) is 33.3 Å². The number of nitrogens with zero attached hydrogens (tertiary/aromatic N) is 2. The van der Waals surface area contributed by atoms with Crippen LogP contribution in [0.5, 0.6) is 0 Å². The number of hydrogen-bond acceptors (Lipinski definition) is 4. The fraction of sp³-hybridized carbons (Fsp3) is 0.385. The Bertz CT molecular complexity index is 1330. The summed E-state index contributed by atoms with van der Waals surface area (Å²) in [4.78, 5) is 12.9. The van der Waals surface area contributed by atoms with Gasteiger partial charge in [-0.15, -0.1) is 0 Å². The molecular weight excluding hydrogens is 467 g/mol. The van der Waals surface area contributed by atoms with Crippen molar-refractivity contribution in [3.8, 4) is 5.69 Å². The van der Waals surface area contributed by atoms with Gasteiger partial charge in [0.15, 0.2) is 0 Å². The summed E-state index contributed by atoms with van der Waals surface area (Å²) in [5.41, 5.74) is 4.33. The van der Waals surface area contributed by atoms with E-state index < -0.39 is 21.8 Å². The SMILES string of the molecule is Cc1cccc(-n2nc(C(C)(C)C)cc2CNC(=O)C(C)c2ccc(CNS(C)(=O)=O)c(F)c2)c1. The molecule has 188 valence electrons. The number of carbonyl (C=O) groups excluding carboxylic acids is 1. The summed E-state index contributed by atoms with van der Waals surface area (Å²) in [7, 11) is -3.43. The maximum atomic E-state index is 14.5. The van der Waals surface area contributed by atoms with Crippen LogP contribution in [0.4, 0.5) is 4.39 Å². The van der Waals surface area contributed by atoms with Gasteiger partial charge in [0, 0.05) is 17.5 Å². The zero-order valence-corrected chi connectivity index (χ0v) is 21.8. The van der Waals surface area contributed by atoms with E-state index in [2.05, 4.69) is 30.8 Å².